The summed E-state index contributed by atoms with van der Waals surface area (Å²) in [7, 11) is 0. The minimum Gasteiger partial charge on any atom is -0.308 e. The SMILES string of the molecule is C=C/C=C\C=C(/C)c1nc(-n2c3ccccc3c3c4c5ccccc5n5c6cc7ccccc7cc6c(cc32)c45)nc2ccc3ccccc3c12. The molecule has 4 heteroatoms. The molecule has 7 aromatic carbocycles. The molecule has 0 bridgehead atoms. The zero-order valence-corrected chi connectivity index (χ0v) is 27.9. The second-order valence-corrected chi connectivity index (χ2v) is 13.5. The quantitative estimate of drug-likeness (QED) is 0.140. The van der Waals surface area contributed by atoms with Crippen molar-refractivity contribution >= 4 is 97.9 Å². The Labute approximate surface area is 292 Å². The van der Waals surface area contributed by atoms with Gasteiger partial charge in [0.1, 0.15) is 0 Å². The summed E-state index contributed by atoms with van der Waals surface area (Å²) in [6, 6.07) is 46.1. The molecule has 0 spiro atoms. The van der Waals surface area contributed by atoms with Crippen molar-refractivity contribution in [1.29, 1.82) is 0 Å². The Hall–Kier alpha value is -6.78. The smallest absolute Gasteiger partial charge is 0.235 e. The van der Waals surface area contributed by atoms with Gasteiger partial charge in [-0.1, -0.05) is 122 Å². The van der Waals surface area contributed by atoms with Gasteiger partial charge in [-0.2, -0.15) is 0 Å². The molecule has 11 aromatic rings. The molecule has 4 aromatic heterocycles. The summed E-state index contributed by atoms with van der Waals surface area (Å²) in [5.74, 6) is 0.659. The zero-order chi connectivity index (χ0) is 33.8. The molecule has 0 saturated heterocycles. The maximum atomic E-state index is 5.47. The summed E-state index contributed by atoms with van der Waals surface area (Å²) < 4.78 is 4.77. The average molecular weight is 651 g/mol. The first-order valence-electron chi connectivity index (χ1n) is 17.4. The number of allylic oxidation sites excluding steroid dienone is 5. The van der Waals surface area contributed by atoms with Crippen molar-refractivity contribution in [2.24, 2.45) is 0 Å². The molecule has 0 atom stereocenters. The molecule has 4 heterocycles. The van der Waals surface area contributed by atoms with Crippen LogP contribution in [0.15, 0.2) is 158 Å². The van der Waals surface area contributed by atoms with E-state index < -0.39 is 0 Å². The molecule has 0 unspecified atom stereocenters. The third-order valence-corrected chi connectivity index (χ3v) is 10.7. The fourth-order valence-corrected chi connectivity index (χ4v) is 8.55. The molecule has 0 aliphatic heterocycles. The molecule has 4 nitrogen and oxygen atoms in total. The minimum atomic E-state index is 0.659. The molecular weight excluding hydrogens is 621 g/mol. The van der Waals surface area contributed by atoms with E-state index >= 15 is 0 Å². The first-order valence-corrected chi connectivity index (χ1v) is 17.4. The molecule has 0 amide bonds. The van der Waals surface area contributed by atoms with Crippen molar-refractivity contribution in [1.82, 2.24) is 18.9 Å². The molecule has 0 aliphatic rings. The van der Waals surface area contributed by atoms with Crippen LogP contribution in [0.3, 0.4) is 0 Å². The van der Waals surface area contributed by atoms with E-state index in [0.29, 0.717) is 5.95 Å². The van der Waals surface area contributed by atoms with Crippen LogP contribution in [-0.4, -0.2) is 18.9 Å². The van der Waals surface area contributed by atoms with Crippen LogP contribution in [0.4, 0.5) is 0 Å². The largest absolute Gasteiger partial charge is 0.308 e. The normalized spacial score (nSPS) is 12.9. The number of hydrogen-bond donors (Lipinski definition) is 0. The Morgan fingerprint density at radius 1 is 0.549 bits per heavy atom. The second-order valence-electron chi connectivity index (χ2n) is 13.5. The van der Waals surface area contributed by atoms with Crippen molar-refractivity contribution in [2.45, 2.75) is 6.92 Å². The maximum absolute atomic E-state index is 5.47. The summed E-state index contributed by atoms with van der Waals surface area (Å²) in [5, 5.41) is 13.3. The summed E-state index contributed by atoms with van der Waals surface area (Å²) in [6.07, 6.45) is 7.88. The highest BCUT2D eigenvalue weighted by atomic mass is 15.2. The van der Waals surface area contributed by atoms with Crippen molar-refractivity contribution in [3.05, 3.63) is 164 Å². The predicted octanol–water partition coefficient (Wildman–Crippen LogP) is 12.3. The van der Waals surface area contributed by atoms with Crippen molar-refractivity contribution in [2.75, 3.05) is 0 Å². The highest BCUT2D eigenvalue weighted by Gasteiger charge is 2.25. The molecule has 0 fully saturated rings. The fourth-order valence-electron chi connectivity index (χ4n) is 8.55. The van der Waals surface area contributed by atoms with E-state index in [2.05, 4.69) is 156 Å². The molecule has 11 rings (SSSR count). The number of hydrogen-bond acceptors (Lipinski definition) is 2. The van der Waals surface area contributed by atoms with Gasteiger partial charge < -0.3 is 4.40 Å². The van der Waals surface area contributed by atoms with Crippen LogP contribution in [0, 0.1) is 0 Å². The number of fused-ring (bicyclic) bond motifs is 14. The lowest BCUT2D eigenvalue weighted by Crippen LogP contribution is -2.05. The zero-order valence-electron chi connectivity index (χ0n) is 27.9. The van der Waals surface area contributed by atoms with Crippen molar-refractivity contribution in [3.63, 3.8) is 0 Å². The Bertz CT molecular complexity index is 3330. The summed E-state index contributed by atoms with van der Waals surface area (Å²) in [4.78, 5) is 10.9. The Balaban J connectivity index is 1.34. The van der Waals surface area contributed by atoms with Crippen LogP contribution in [0.1, 0.15) is 12.6 Å². The van der Waals surface area contributed by atoms with Gasteiger partial charge in [0.2, 0.25) is 5.95 Å². The van der Waals surface area contributed by atoms with E-state index in [1.807, 2.05) is 12.2 Å². The predicted molar refractivity (Wildman–Crippen MR) is 217 cm³/mol. The van der Waals surface area contributed by atoms with Crippen LogP contribution in [0.5, 0.6) is 0 Å². The highest BCUT2D eigenvalue weighted by Crippen LogP contribution is 2.47. The molecule has 0 saturated carbocycles. The monoisotopic (exact) mass is 650 g/mol. The van der Waals surface area contributed by atoms with Gasteiger partial charge in [-0.05, 0) is 70.4 Å². The molecule has 51 heavy (non-hydrogen) atoms. The summed E-state index contributed by atoms with van der Waals surface area (Å²) in [5.41, 5.74) is 8.78. The summed E-state index contributed by atoms with van der Waals surface area (Å²) >= 11 is 0. The molecule has 0 N–H and O–H groups in total. The third-order valence-electron chi connectivity index (χ3n) is 10.7. The van der Waals surface area contributed by atoms with Crippen LogP contribution in [-0.2, 0) is 0 Å². The van der Waals surface area contributed by atoms with Crippen molar-refractivity contribution in [3.8, 4) is 5.95 Å². The maximum Gasteiger partial charge on any atom is 0.235 e. The minimum absolute atomic E-state index is 0.659. The lowest BCUT2D eigenvalue weighted by Gasteiger charge is -2.13. The lowest BCUT2D eigenvalue weighted by atomic mass is 10.0. The standard InChI is InChI=1S/C47H30N4/c1-3-4-5-14-28(2)45-42-32-18-9-8-15-29(32)23-24-37(42)48-47(49-45)51-39-22-13-10-19-33(39)43-41(51)27-36-35-25-30-16-6-7-17-31(30)26-40(35)50-38-21-12-11-20-34(38)44(43)46(36)50/h3-27H,1H2,2H3/b5-4-,28-14+. The molecule has 238 valence electrons. The molecule has 0 aliphatic carbocycles. The average Bonchev–Trinajstić information content (AvgIpc) is 3.80. The third kappa shape index (κ3) is 3.79. The van der Waals surface area contributed by atoms with Crippen LogP contribution >= 0.6 is 0 Å². The Morgan fingerprint density at radius 3 is 2.04 bits per heavy atom. The topological polar surface area (TPSA) is 35.1 Å². The van der Waals surface area contributed by atoms with E-state index in [4.69, 9.17) is 9.97 Å². The Morgan fingerprint density at radius 2 is 1.24 bits per heavy atom. The van der Waals surface area contributed by atoms with Crippen LogP contribution in [0.2, 0.25) is 0 Å². The first-order chi connectivity index (χ1) is 25.2. The number of benzene rings is 7. The van der Waals surface area contributed by atoms with Crippen LogP contribution in [0.25, 0.3) is 104 Å². The van der Waals surface area contributed by atoms with E-state index in [0.717, 1.165) is 38.6 Å². The van der Waals surface area contributed by atoms with Gasteiger partial charge in [0, 0.05) is 37.7 Å². The molecular formula is C47H30N4. The van der Waals surface area contributed by atoms with Gasteiger partial charge >= 0.3 is 0 Å². The molecule has 0 radical (unpaired) electrons. The highest BCUT2D eigenvalue weighted by molar-refractivity contribution is 6.36. The number of nitrogens with zero attached hydrogens (tertiary/aromatic N) is 4. The number of para-hydroxylation sites is 2. The fraction of sp³-hybridized carbons (Fsp3) is 0.0213. The van der Waals surface area contributed by atoms with E-state index in [1.54, 1.807) is 6.08 Å². The van der Waals surface area contributed by atoms with E-state index in [-0.39, 0.29) is 0 Å². The first kappa shape index (κ1) is 28.1. The van der Waals surface area contributed by atoms with Gasteiger partial charge in [0.25, 0.3) is 0 Å². The van der Waals surface area contributed by atoms with Crippen LogP contribution < -0.4 is 0 Å². The van der Waals surface area contributed by atoms with Gasteiger partial charge in [0.05, 0.1) is 38.8 Å². The van der Waals surface area contributed by atoms with Gasteiger partial charge in [-0.15, -0.1) is 0 Å². The lowest BCUT2D eigenvalue weighted by molar-refractivity contribution is 1.00. The van der Waals surface area contributed by atoms with E-state index in [9.17, 15) is 0 Å². The van der Waals surface area contributed by atoms with E-state index in [1.165, 1.54) is 65.0 Å². The number of aromatic nitrogens is 4. The van der Waals surface area contributed by atoms with Gasteiger partial charge in [-0.25, -0.2) is 9.97 Å². The number of rotatable bonds is 4. The van der Waals surface area contributed by atoms with Gasteiger partial charge in [-0.3, -0.25) is 4.57 Å². The Kier molecular flexibility index (Phi) is 5.71. The summed E-state index contributed by atoms with van der Waals surface area (Å²) in [6.45, 7) is 6.00. The van der Waals surface area contributed by atoms with Gasteiger partial charge in [0.15, 0.2) is 0 Å². The van der Waals surface area contributed by atoms with Crippen molar-refractivity contribution < 1.29 is 0 Å². The second kappa shape index (κ2) is 10.4.